The molecule has 0 aromatic heterocycles. The second kappa shape index (κ2) is 5.80. The molecule has 0 aliphatic carbocycles. The molecule has 0 amide bonds. The number of hydrogen-bond donors (Lipinski definition) is 1. The molecule has 3 aromatic carbocycles. The third-order valence-electron chi connectivity index (χ3n) is 3.64. The van der Waals surface area contributed by atoms with Gasteiger partial charge in [0.1, 0.15) is 5.69 Å². The van der Waals surface area contributed by atoms with E-state index < -0.39 is 0 Å². The van der Waals surface area contributed by atoms with Crippen LogP contribution in [-0.2, 0) is 0 Å². The van der Waals surface area contributed by atoms with E-state index in [1.807, 2.05) is 36.4 Å². The third kappa shape index (κ3) is 2.51. The SMILES string of the molecule is N#Cc1ccc(Nc2c(Cl)ccc3c2Oc2ccccc2O3)cc1. The second-order valence-electron chi connectivity index (χ2n) is 5.21. The van der Waals surface area contributed by atoms with Gasteiger partial charge in [-0.25, -0.2) is 0 Å². The molecule has 0 unspecified atom stereocenters. The Morgan fingerprint density at radius 2 is 1.54 bits per heavy atom. The van der Waals surface area contributed by atoms with Crippen molar-refractivity contribution in [3.63, 3.8) is 0 Å². The number of benzene rings is 3. The normalized spacial score (nSPS) is 11.3. The van der Waals surface area contributed by atoms with Crippen LogP contribution in [0.15, 0.2) is 60.7 Å². The molecule has 4 rings (SSSR count). The largest absolute Gasteiger partial charge is 0.449 e. The number of hydrogen-bond acceptors (Lipinski definition) is 4. The molecular formula is C19H11ClN2O2. The summed E-state index contributed by atoms with van der Waals surface area (Å²) in [6.07, 6.45) is 0. The Kier molecular flexibility index (Phi) is 3.49. The summed E-state index contributed by atoms with van der Waals surface area (Å²) in [5.41, 5.74) is 2.01. The summed E-state index contributed by atoms with van der Waals surface area (Å²) in [6.45, 7) is 0. The first-order valence-corrected chi connectivity index (χ1v) is 7.67. The first kappa shape index (κ1) is 14.4. The summed E-state index contributed by atoms with van der Waals surface area (Å²) in [7, 11) is 0. The van der Waals surface area contributed by atoms with E-state index in [2.05, 4.69) is 11.4 Å². The first-order valence-electron chi connectivity index (χ1n) is 7.29. The lowest BCUT2D eigenvalue weighted by Crippen LogP contribution is -2.02. The van der Waals surface area contributed by atoms with Gasteiger partial charge in [-0.3, -0.25) is 0 Å². The Hall–Kier alpha value is -3.16. The van der Waals surface area contributed by atoms with E-state index in [-0.39, 0.29) is 0 Å². The molecule has 5 heteroatoms. The third-order valence-corrected chi connectivity index (χ3v) is 3.95. The van der Waals surface area contributed by atoms with Crippen LogP contribution in [0.3, 0.4) is 0 Å². The van der Waals surface area contributed by atoms with E-state index in [4.69, 9.17) is 26.3 Å². The molecule has 0 bridgehead atoms. The molecule has 116 valence electrons. The van der Waals surface area contributed by atoms with Crippen LogP contribution in [-0.4, -0.2) is 0 Å². The highest BCUT2D eigenvalue weighted by molar-refractivity contribution is 6.33. The maximum Gasteiger partial charge on any atom is 0.195 e. The van der Waals surface area contributed by atoms with Gasteiger partial charge in [-0.05, 0) is 48.5 Å². The summed E-state index contributed by atoms with van der Waals surface area (Å²) in [5.74, 6) is 2.42. The zero-order valence-electron chi connectivity index (χ0n) is 12.4. The maximum absolute atomic E-state index is 8.89. The second-order valence-corrected chi connectivity index (χ2v) is 5.62. The van der Waals surface area contributed by atoms with Gasteiger partial charge in [-0.1, -0.05) is 23.7 Å². The van der Waals surface area contributed by atoms with E-state index in [0.29, 0.717) is 39.3 Å². The number of anilines is 2. The van der Waals surface area contributed by atoms with Crippen molar-refractivity contribution in [3.05, 3.63) is 71.2 Å². The van der Waals surface area contributed by atoms with Crippen molar-refractivity contribution in [3.8, 4) is 29.1 Å². The van der Waals surface area contributed by atoms with Crippen LogP contribution in [0.2, 0.25) is 5.02 Å². The van der Waals surface area contributed by atoms with Gasteiger partial charge in [0.2, 0.25) is 0 Å². The lowest BCUT2D eigenvalue weighted by atomic mass is 10.2. The summed E-state index contributed by atoms with van der Waals surface area (Å²) in [6, 6.07) is 20.2. The van der Waals surface area contributed by atoms with Gasteiger partial charge >= 0.3 is 0 Å². The average molecular weight is 335 g/mol. The number of ether oxygens (including phenoxy) is 2. The minimum absolute atomic E-state index is 0.515. The molecule has 4 nitrogen and oxygen atoms in total. The molecule has 0 fully saturated rings. The standard InChI is InChI=1S/C19H11ClN2O2/c20-14-9-10-17-19(24-16-4-2-1-3-15(16)23-17)18(14)22-13-7-5-12(11-21)6-8-13/h1-10,22H. The molecule has 24 heavy (non-hydrogen) atoms. The fraction of sp³-hybridized carbons (Fsp3) is 0. The van der Waals surface area contributed by atoms with Gasteiger partial charge in [0.15, 0.2) is 23.0 Å². The van der Waals surface area contributed by atoms with E-state index in [1.165, 1.54) is 0 Å². The zero-order valence-corrected chi connectivity index (χ0v) is 13.2. The molecule has 1 heterocycles. The van der Waals surface area contributed by atoms with Crippen molar-refractivity contribution in [2.75, 3.05) is 5.32 Å². The maximum atomic E-state index is 8.89. The fourth-order valence-corrected chi connectivity index (χ4v) is 2.65. The Morgan fingerprint density at radius 3 is 2.25 bits per heavy atom. The molecule has 3 aromatic rings. The van der Waals surface area contributed by atoms with Crippen molar-refractivity contribution in [2.45, 2.75) is 0 Å². The molecular weight excluding hydrogens is 324 g/mol. The van der Waals surface area contributed by atoms with Gasteiger partial charge < -0.3 is 14.8 Å². The number of fused-ring (bicyclic) bond motifs is 2. The number of halogens is 1. The highest BCUT2D eigenvalue weighted by Gasteiger charge is 2.23. The quantitative estimate of drug-likeness (QED) is 0.499. The van der Waals surface area contributed by atoms with Gasteiger partial charge in [-0.15, -0.1) is 0 Å². The molecule has 1 N–H and O–H groups in total. The lowest BCUT2D eigenvalue weighted by Gasteiger charge is -2.23. The van der Waals surface area contributed by atoms with Gasteiger partial charge in [0.25, 0.3) is 0 Å². The molecule has 0 saturated carbocycles. The molecule has 1 aliphatic rings. The van der Waals surface area contributed by atoms with Crippen LogP contribution in [0.5, 0.6) is 23.0 Å². The molecule has 0 atom stereocenters. The van der Waals surface area contributed by atoms with E-state index >= 15 is 0 Å². The summed E-state index contributed by atoms with van der Waals surface area (Å²) >= 11 is 6.35. The first-order chi connectivity index (χ1) is 11.7. The summed E-state index contributed by atoms with van der Waals surface area (Å²) < 4.78 is 11.9. The van der Waals surface area contributed by atoms with Crippen LogP contribution in [0.25, 0.3) is 0 Å². The summed E-state index contributed by atoms with van der Waals surface area (Å²) in [4.78, 5) is 0. The van der Waals surface area contributed by atoms with Crippen LogP contribution in [0.4, 0.5) is 11.4 Å². The van der Waals surface area contributed by atoms with Crippen molar-refractivity contribution < 1.29 is 9.47 Å². The number of nitriles is 1. The fourth-order valence-electron chi connectivity index (χ4n) is 2.46. The van der Waals surface area contributed by atoms with Gasteiger partial charge in [0.05, 0.1) is 16.7 Å². The average Bonchev–Trinajstić information content (AvgIpc) is 2.63. The number of nitrogens with zero attached hydrogens (tertiary/aromatic N) is 1. The van der Waals surface area contributed by atoms with Crippen LogP contribution in [0.1, 0.15) is 5.56 Å². The van der Waals surface area contributed by atoms with Crippen molar-refractivity contribution >= 4 is 23.0 Å². The number of rotatable bonds is 2. The van der Waals surface area contributed by atoms with Crippen molar-refractivity contribution in [2.24, 2.45) is 0 Å². The Morgan fingerprint density at radius 1 is 0.833 bits per heavy atom. The Balaban J connectivity index is 1.73. The monoisotopic (exact) mass is 334 g/mol. The smallest absolute Gasteiger partial charge is 0.195 e. The Bertz CT molecular complexity index is 962. The number of para-hydroxylation sites is 2. The van der Waals surface area contributed by atoms with Crippen molar-refractivity contribution in [1.29, 1.82) is 5.26 Å². The minimum atomic E-state index is 0.515. The molecule has 0 spiro atoms. The lowest BCUT2D eigenvalue weighted by molar-refractivity contribution is 0.361. The highest BCUT2D eigenvalue weighted by Crippen LogP contribution is 2.51. The molecule has 1 aliphatic heterocycles. The minimum Gasteiger partial charge on any atom is -0.449 e. The van der Waals surface area contributed by atoms with Crippen LogP contribution < -0.4 is 14.8 Å². The molecule has 0 radical (unpaired) electrons. The van der Waals surface area contributed by atoms with Crippen LogP contribution in [0, 0.1) is 11.3 Å². The van der Waals surface area contributed by atoms with E-state index in [1.54, 1.807) is 24.3 Å². The van der Waals surface area contributed by atoms with Crippen LogP contribution >= 0.6 is 11.6 Å². The highest BCUT2D eigenvalue weighted by atomic mass is 35.5. The Labute approximate surface area is 143 Å². The summed E-state index contributed by atoms with van der Waals surface area (Å²) in [5, 5.41) is 12.6. The molecule has 0 saturated heterocycles. The van der Waals surface area contributed by atoms with E-state index in [0.717, 1.165) is 5.69 Å². The zero-order chi connectivity index (χ0) is 16.5. The topological polar surface area (TPSA) is 54.3 Å². The predicted octanol–water partition coefficient (Wildman–Crippen LogP) is 5.85. The number of nitrogens with one attached hydrogen (secondary N) is 1. The predicted molar refractivity (Wildman–Crippen MR) is 92.5 cm³/mol. The van der Waals surface area contributed by atoms with Gasteiger partial charge in [-0.2, -0.15) is 5.26 Å². The van der Waals surface area contributed by atoms with E-state index in [9.17, 15) is 0 Å². The van der Waals surface area contributed by atoms with Gasteiger partial charge in [0, 0.05) is 5.69 Å². The van der Waals surface area contributed by atoms with Crippen molar-refractivity contribution in [1.82, 2.24) is 0 Å².